The third kappa shape index (κ3) is 2.46. The number of carbonyl (C=O) groups excluding carboxylic acids is 1. The van der Waals surface area contributed by atoms with Gasteiger partial charge in [-0.2, -0.15) is 25.3 Å². The maximum Gasteiger partial charge on any atom is 0.165 e. The molecule has 0 radical (unpaired) electrons. The number of piperidine rings is 1. The van der Waals surface area contributed by atoms with Crippen LogP contribution in [0.5, 0.6) is 0 Å². The van der Waals surface area contributed by atoms with Crippen LogP contribution in [0.2, 0.25) is 0 Å². The molecule has 13 heavy (non-hydrogen) atoms. The molecule has 1 fully saturated rings. The number of Topliss-reactive ketones (excluding diaryl/α,β-unsaturated/α-hetero) is 1. The molecule has 8 heteroatoms. The van der Waals surface area contributed by atoms with Gasteiger partial charge in [-0.15, -0.1) is 50.5 Å². The van der Waals surface area contributed by atoms with Crippen LogP contribution in [0.25, 0.3) is 0 Å². The van der Waals surface area contributed by atoms with Crippen LogP contribution in [0.15, 0.2) is 0 Å². The lowest BCUT2D eigenvalue weighted by Gasteiger charge is -2.45. The summed E-state index contributed by atoms with van der Waals surface area (Å²) in [7, 11) is 0. The fourth-order valence-electron chi connectivity index (χ4n) is 0.954. The van der Waals surface area contributed by atoms with E-state index in [1.807, 2.05) is 0 Å². The van der Waals surface area contributed by atoms with Crippen LogP contribution in [0.1, 0.15) is 0 Å². The molecule has 0 amide bonds. The van der Waals surface area contributed by atoms with Crippen molar-refractivity contribution in [2.45, 2.75) is 18.9 Å². The van der Waals surface area contributed by atoms with Crippen LogP contribution in [-0.4, -0.2) is 24.7 Å². The molecule has 1 N–H and O–H groups in total. The summed E-state index contributed by atoms with van der Waals surface area (Å²) in [5.74, 6) is -0.194. The molecule has 2 atom stereocenters. The molecule has 2 nitrogen and oxygen atoms in total. The predicted molar refractivity (Wildman–Crippen MR) is 75.1 cm³/mol. The third-order valence-electron chi connectivity index (χ3n) is 1.67. The smallest absolute Gasteiger partial charge is 0.165 e. The van der Waals surface area contributed by atoms with Crippen LogP contribution < -0.4 is 5.32 Å². The van der Waals surface area contributed by atoms with Crippen LogP contribution in [0.3, 0.4) is 0 Å². The first kappa shape index (κ1) is 12.8. The lowest BCUT2D eigenvalue weighted by molar-refractivity contribution is -0.119. The Bertz CT molecular complexity index is 219. The first-order valence-electron chi connectivity index (χ1n) is 3.27. The van der Waals surface area contributed by atoms with Gasteiger partial charge in [0.2, 0.25) is 0 Å². The van der Waals surface area contributed by atoms with Crippen molar-refractivity contribution in [2.24, 2.45) is 0 Å². The maximum absolute atomic E-state index is 11.6. The van der Waals surface area contributed by atoms with E-state index in [1.54, 1.807) is 0 Å². The Morgan fingerprint density at radius 2 is 1.31 bits per heavy atom. The third-order valence-corrected chi connectivity index (χ3v) is 5.25. The average molecular weight is 292 g/mol. The zero-order valence-corrected chi connectivity index (χ0v) is 11.6. The Kier molecular flexibility index (Phi) is 3.89. The van der Waals surface area contributed by atoms with Gasteiger partial charge in [0.15, 0.2) is 5.78 Å². The average Bonchev–Trinajstić information content (AvgIpc) is 1.96. The molecule has 0 aromatic carbocycles. The second-order valence-corrected chi connectivity index (χ2v) is 7.34. The maximum atomic E-state index is 11.6. The minimum Gasteiger partial charge on any atom is -0.297 e. The van der Waals surface area contributed by atoms with Gasteiger partial charge < -0.3 is 0 Å². The summed E-state index contributed by atoms with van der Waals surface area (Å²) in [5.41, 5.74) is 0. The highest BCUT2D eigenvalue weighted by molar-refractivity contribution is 8.04. The predicted octanol–water partition coefficient (Wildman–Crippen LogP) is 0.782. The molecular formula is C5H9NOS6. The van der Waals surface area contributed by atoms with E-state index >= 15 is 0 Å². The summed E-state index contributed by atoms with van der Waals surface area (Å²) in [5, 5.41) is 1.56. The van der Waals surface area contributed by atoms with E-state index in [0.29, 0.717) is 0 Å². The Balaban J connectivity index is 3.00. The number of hydrogen-bond acceptors (Lipinski definition) is 8. The van der Waals surface area contributed by atoms with Gasteiger partial charge >= 0.3 is 0 Å². The molecule has 1 aliphatic rings. The zero-order valence-electron chi connectivity index (χ0n) is 6.25. The minimum atomic E-state index is -1.02. The van der Waals surface area contributed by atoms with Crippen molar-refractivity contribution in [2.75, 3.05) is 0 Å². The topological polar surface area (TPSA) is 29.1 Å². The fraction of sp³-hybridized carbons (Fsp3) is 0.800. The number of hydrogen-bond donors (Lipinski definition) is 7. The molecular weight excluding hydrogens is 282 g/mol. The largest absolute Gasteiger partial charge is 0.297 e. The molecule has 1 rings (SSSR count). The van der Waals surface area contributed by atoms with E-state index < -0.39 is 18.9 Å². The SMILES string of the molecule is O=C1C(S)C(S)(S)NC(S)(S)C1S. The fourth-order valence-corrected chi connectivity index (χ4v) is 3.07. The van der Waals surface area contributed by atoms with Crippen LogP contribution in [0.4, 0.5) is 0 Å². The molecule has 1 aliphatic heterocycles. The molecule has 0 saturated carbocycles. The molecule has 1 heterocycles. The summed E-state index contributed by atoms with van der Waals surface area (Å²) in [4.78, 5) is 11.6. The summed E-state index contributed by atoms with van der Waals surface area (Å²) >= 11 is 24.8. The number of carbonyl (C=O) groups is 1. The number of thiol groups is 6. The Morgan fingerprint density at radius 3 is 1.62 bits per heavy atom. The van der Waals surface area contributed by atoms with Gasteiger partial charge in [0, 0.05) is 0 Å². The summed E-state index contributed by atoms with van der Waals surface area (Å²) in [6, 6.07) is 0. The second kappa shape index (κ2) is 3.95. The van der Waals surface area contributed by atoms with Gasteiger partial charge in [0.05, 0.1) is 10.5 Å². The summed E-state index contributed by atoms with van der Waals surface area (Å²) < 4.78 is -2.05. The summed E-state index contributed by atoms with van der Waals surface area (Å²) in [6.07, 6.45) is 0. The molecule has 0 bridgehead atoms. The molecule has 0 aromatic rings. The van der Waals surface area contributed by atoms with E-state index in [-0.39, 0.29) is 5.78 Å². The monoisotopic (exact) mass is 291 g/mol. The normalized spacial score (nSPS) is 37.5. The Labute approximate surface area is 110 Å². The molecule has 0 spiro atoms. The first-order valence-corrected chi connectivity index (χ1v) is 6.09. The number of ketones is 1. The highest BCUT2D eigenvalue weighted by Crippen LogP contribution is 2.41. The van der Waals surface area contributed by atoms with Gasteiger partial charge in [-0.3, -0.25) is 10.1 Å². The molecule has 1 saturated heterocycles. The number of nitrogens with one attached hydrogen (secondary N) is 1. The van der Waals surface area contributed by atoms with Gasteiger partial charge in [0.25, 0.3) is 0 Å². The van der Waals surface area contributed by atoms with Crippen LogP contribution in [0, 0.1) is 0 Å². The Morgan fingerprint density at radius 1 is 1.00 bits per heavy atom. The second-order valence-electron chi connectivity index (χ2n) is 2.78. The van der Waals surface area contributed by atoms with Crippen molar-refractivity contribution in [1.29, 1.82) is 0 Å². The molecule has 76 valence electrons. The van der Waals surface area contributed by atoms with Crippen molar-refractivity contribution >= 4 is 81.6 Å². The van der Waals surface area contributed by atoms with E-state index in [4.69, 9.17) is 0 Å². The molecule has 0 aliphatic carbocycles. The van der Waals surface area contributed by atoms with Gasteiger partial charge in [-0.05, 0) is 0 Å². The molecule has 2 unspecified atom stereocenters. The van der Waals surface area contributed by atoms with Crippen molar-refractivity contribution in [3.8, 4) is 0 Å². The minimum absolute atomic E-state index is 0.194. The quantitative estimate of drug-likeness (QED) is 0.266. The van der Waals surface area contributed by atoms with E-state index in [1.165, 1.54) is 0 Å². The van der Waals surface area contributed by atoms with Crippen LogP contribution >= 0.6 is 75.8 Å². The highest BCUT2D eigenvalue weighted by atomic mass is 32.2. The zero-order chi connectivity index (χ0) is 10.4. The van der Waals surface area contributed by atoms with Gasteiger partial charge in [-0.1, -0.05) is 0 Å². The van der Waals surface area contributed by atoms with Crippen LogP contribution in [-0.2, 0) is 4.79 Å². The van der Waals surface area contributed by atoms with E-state index in [0.717, 1.165) is 0 Å². The van der Waals surface area contributed by atoms with E-state index in [9.17, 15) is 4.79 Å². The van der Waals surface area contributed by atoms with Crippen molar-refractivity contribution in [3.05, 3.63) is 0 Å². The molecule has 0 aromatic heterocycles. The van der Waals surface area contributed by atoms with Crippen molar-refractivity contribution in [3.63, 3.8) is 0 Å². The van der Waals surface area contributed by atoms with Crippen molar-refractivity contribution in [1.82, 2.24) is 5.32 Å². The Hall–Kier alpha value is 1.73. The van der Waals surface area contributed by atoms with Gasteiger partial charge in [-0.25, -0.2) is 0 Å². The highest BCUT2D eigenvalue weighted by Gasteiger charge is 2.51. The van der Waals surface area contributed by atoms with Crippen molar-refractivity contribution < 1.29 is 4.79 Å². The standard InChI is InChI=1S/C5H9NOS6/c7-1-2(8)4(10,11)6-5(12,13)3(1)9/h2-3,6,8-13H. The number of rotatable bonds is 0. The lowest BCUT2D eigenvalue weighted by Crippen LogP contribution is -2.65. The summed E-state index contributed by atoms with van der Waals surface area (Å²) in [6.45, 7) is 0. The van der Waals surface area contributed by atoms with E-state index in [2.05, 4.69) is 81.1 Å². The first-order chi connectivity index (χ1) is 5.68. The lowest BCUT2D eigenvalue weighted by atomic mass is 10.1. The van der Waals surface area contributed by atoms with Gasteiger partial charge in [0.1, 0.15) is 8.41 Å².